The highest BCUT2D eigenvalue weighted by Crippen LogP contribution is 2.09. The second-order valence-corrected chi connectivity index (χ2v) is 2.21. The molecular formula is C6H4ClFN2O. The summed E-state index contributed by atoms with van der Waals surface area (Å²) < 4.78 is 12.6. The number of carbonyl (C=O) groups is 1. The molecule has 3 nitrogen and oxygen atoms in total. The van der Waals surface area contributed by atoms with Gasteiger partial charge in [0.25, 0.3) is 5.24 Å². The van der Waals surface area contributed by atoms with Gasteiger partial charge < -0.3 is 5.73 Å². The maximum Gasteiger partial charge on any atom is 0.270 e. The molecule has 0 radical (unpaired) electrons. The molecule has 11 heavy (non-hydrogen) atoms. The van der Waals surface area contributed by atoms with Crippen LogP contribution in [0.5, 0.6) is 0 Å². The molecule has 0 fully saturated rings. The summed E-state index contributed by atoms with van der Waals surface area (Å²) in [5.74, 6) is -0.691. The predicted octanol–water partition coefficient (Wildman–Crippen LogP) is 1.18. The van der Waals surface area contributed by atoms with Gasteiger partial charge in [-0.05, 0) is 11.6 Å². The summed E-state index contributed by atoms with van der Waals surface area (Å²) in [4.78, 5) is 13.9. The van der Waals surface area contributed by atoms with Crippen LogP contribution < -0.4 is 5.73 Å². The molecule has 0 spiro atoms. The SMILES string of the molecule is Nc1cnc(C(=O)Cl)cc1F. The van der Waals surface area contributed by atoms with E-state index in [-0.39, 0.29) is 11.4 Å². The zero-order valence-corrected chi connectivity index (χ0v) is 6.10. The Morgan fingerprint density at radius 2 is 2.36 bits per heavy atom. The first-order chi connectivity index (χ1) is 5.11. The minimum atomic E-state index is -0.802. The monoisotopic (exact) mass is 174 g/mol. The normalized spacial score (nSPS) is 9.64. The van der Waals surface area contributed by atoms with Crippen LogP contribution in [0.15, 0.2) is 12.3 Å². The van der Waals surface area contributed by atoms with Crippen molar-refractivity contribution < 1.29 is 9.18 Å². The van der Waals surface area contributed by atoms with E-state index in [0.29, 0.717) is 0 Å². The number of anilines is 1. The molecule has 0 atom stereocenters. The Labute approximate surface area is 67.0 Å². The smallest absolute Gasteiger partial charge is 0.270 e. The van der Waals surface area contributed by atoms with Crippen LogP contribution in [-0.4, -0.2) is 10.2 Å². The van der Waals surface area contributed by atoms with Gasteiger partial charge in [-0.1, -0.05) is 0 Å². The van der Waals surface area contributed by atoms with E-state index in [1.54, 1.807) is 0 Å². The van der Waals surface area contributed by atoms with E-state index in [4.69, 9.17) is 17.3 Å². The average molecular weight is 175 g/mol. The molecule has 1 heterocycles. The maximum atomic E-state index is 12.6. The van der Waals surface area contributed by atoms with E-state index < -0.39 is 11.1 Å². The highest BCUT2D eigenvalue weighted by atomic mass is 35.5. The Hall–Kier alpha value is -1.16. The van der Waals surface area contributed by atoms with Crippen molar-refractivity contribution in [1.82, 2.24) is 4.98 Å². The summed E-state index contributed by atoms with van der Waals surface area (Å²) in [5, 5.41) is -0.802. The number of carbonyl (C=O) groups excluding carboxylic acids is 1. The third-order valence-corrected chi connectivity index (χ3v) is 1.28. The van der Waals surface area contributed by atoms with Crippen LogP contribution >= 0.6 is 11.6 Å². The minimum Gasteiger partial charge on any atom is -0.395 e. The topological polar surface area (TPSA) is 56.0 Å². The van der Waals surface area contributed by atoms with Crippen LogP contribution in [0.1, 0.15) is 10.5 Å². The van der Waals surface area contributed by atoms with Crippen molar-refractivity contribution in [1.29, 1.82) is 0 Å². The van der Waals surface area contributed by atoms with Gasteiger partial charge in [-0.2, -0.15) is 0 Å². The van der Waals surface area contributed by atoms with Gasteiger partial charge >= 0.3 is 0 Å². The molecule has 0 bridgehead atoms. The fraction of sp³-hybridized carbons (Fsp3) is 0. The molecule has 0 amide bonds. The lowest BCUT2D eigenvalue weighted by atomic mass is 10.3. The fourth-order valence-corrected chi connectivity index (χ4v) is 0.652. The van der Waals surface area contributed by atoms with Crippen LogP contribution in [0.2, 0.25) is 0 Å². The summed E-state index contributed by atoms with van der Waals surface area (Å²) in [7, 11) is 0. The average Bonchev–Trinajstić information content (AvgIpc) is 1.94. The van der Waals surface area contributed by atoms with E-state index in [1.807, 2.05) is 0 Å². The summed E-state index contributed by atoms with van der Waals surface area (Å²) in [5.41, 5.74) is 4.85. The molecular weight excluding hydrogens is 171 g/mol. The Bertz CT molecular complexity index is 303. The largest absolute Gasteiger partial charge is 0.395 e. The Balaban J connectivity index is 3.15. The van der Waals surface area contributed by atoms with Crippen molar-refractivity contribution in [3.63, 3.8) is 0 Å². The third kappa shape index (κ3) is 1.65. The molecule has 1 aromatic rings. The molecule has 0 unspecified atom stereocenters. The minimum absolute atomic E-state index is 0.105. The summed E-state index contributed by atoms with van der Waals surface area (Å²) in [6, 6.07) is 0.894. The standard InChI is InChI=1S/C6H4ClFN2O/c7-6(11)5-1-3(8)4(9)2-10-5/h1-2H,9H2. The second kappa shape index (κ2) is 2.84. The number of nitrogens with two attached hydrogens (primary N) is 1. The molecule has 0 saturated carbocycles. The highest BCUT2D eigenvalue weighted by molar-refractivity contribution is 6.67. The lowest BCUT2D eigenvalue weighted by Crippen LogP contribution is -1.98. The van der Waals surface area contributed by atoms with Gasteiger partial charge in [0.2, 0.25) is 0 Å². The molecule has 58 valence electrons. The zero-order chi connectivity index (χ0) is 8.43. The van der Waals surface area contributed by atoms with Crippen molar-refractivity contribution in [2.75, 3.05) is 5.73 Å². The predicted molar refractivity (Wildman–Crippen MR) is 38.8 cm³/mol. The number of nitrogens with zero attached hydrogens (tertiary/aromatic N) is 1. The summed E-state index contributed by atoms with van der Waals surface area (Å²) in [6.45, 7) is 0. The maximum absolute atomic E-state index is 12.6. The van der Waals surface area contributed by atoms with Crippen molar-refractivity contribution in [3.8, 4) is 0 Å². The Morgan fingerprint density at radius 1 is 1.73 bits per heavy atom. The van der Waals surface area contributed by atoms with E-state index in [1.165, 1.54) is 0 Å². The molecule has 0 aromatic carbocycles. The zero-order valence-electron chi connectivity index (χ0n) is 5.34. The molecule has 0 aliphatic carbocycles. The molecule has 0 aliphatic rings. The highest BCUT2D eigenvalue weighted by Gasteiger charge is 2.06. The van der Waals surface area contributed by atoms with E-state index in [9.17, 15) is 9.18 Å². The van der Waals surface area contributed by atoms with Gasteiger partial charge in [0.15, 0.2) is 0 Å². The molecule has 0 aliphatic heterocycles. The first-order valence-corrected chi connectivity index (χ1v) is 3.10. The van der Waals surface area contributed by atoms with E-state index in [2.05, 4.69) is 4.98 Å². The lowest BCUT2D eigenvalue weighted by molar-refractivity contribution is 0.107. The molecule has 1 aromatic heterocycles. The van der Waals surface area contributed by atoms with Crippen molar-refractivity contribution in [3.05, 3.63) is 23.8 Å². The second-order valence-electron chi connectivity index (χ2n) is 1.86. The number of nitrogen functional groups attached to an aromatic ring is 1. The van der Waals surface area contributed by atoms with Gasteiger partial charge in [0.05, 0.1) is 11.9 Å². The van der Waals surface area contributed by atoms with E-state index in [0.717, 1.165) is 12.3 Å². The van der Waals surface area contributed by atoms with Gasteiger partial charge in [0.1, 0.15) is 11.5 Å². The lowest BCUT2D eigenvalue weighted by Gasteiger charge is -1.95. The van der Waals surface area contributed by atoms with Gasteiger partial charge in [-0.15, -0.1) is 0 Å². The number of hydrogen-bond donors (Lipinski definition) is 1. The van der Waals surface area contributed by atoms with Crippen LogP contribution in [0.3, 0.4) is 0 Å². The number of pyridine rings is 1. The number of aromatic nitrogens is 1. The first kappa shape index (κ1) is 7.94. The van der Waals surface area contributed by atoms with Crippen LogP contribution in [0.4, 0.5) is 10.1 Å². The Morgan fingerprint density at radius 3 is 2.82 bits per heavy atom. The van der Waals surface area contributed by atoms with Gasteiger partial charge in [-0.25, -0.2) is 9.37 Å². The Kier molecular flexibility index (Phi) is 2.05. The number of halogens is 2. The van der Waals surface area contributed by atoms with Crippen molar-refractivity contribution in [2.24, 2.45) is 0 Å². The van der Waals surface area contributed by atoms with Crippen molar-refractivity contribution in [2.45, 2.75) is 0 Å². The van der Waals surface area contributed by atoms with Gasteiger partial charge in [-0.3, -0.25) is 4.79 Å². The van der Waals surface area contributed by atoms with Crippen LogP contribution in [-0.2, 0) is 0 Å². The third-order valence-electron chi connectivity index (χ3n) is 1.08. The van der Waals surface area contributed by atoms with Crippen LogP contribution in [0.25, 0.3) is 0 Å². The van der Waals surface area contributed by atoms with Gasteiger partial charge in [0, 0.05) is 6.07 Å². The van der Waals surface area contributed by atoms with E-state index >= 15 is 0 Å². The van der Waals surface area contributed by atoms with Crippen molar-refractivity contribution >= 4 is 22.5 Å². The molecule has 0 saturated heterocycles. The summed E-state index contributed by atoms with van der Waals surface area (Å²) >= 11 is 5.02. The number of rotatable bonds is 1. The quantitative estimate of drug-likeness (QED) is 0.651. The first-order valence-electron chi connectivity index (χ1n) is 2.72. The fourth-order valence-electron chi connectivity index (χ4n) is 0.549. The number of hydrogen-bond acceptors (Lipinski definition) is 3. The van der Waals surface area contributed by atoms with Crippen LogP contribution in [0, 0.1) is 5.82 Å². The molecule has 2 N–H and O–H groups in total. The molecule has 5 heteroatoms. The molecule has 1 rings (SSSR count). The summed E-state index contributed by atoms with van der Waals surface area (Å²) in [6.07, 6.45) is 1.05.